The number of halogens is 1. The van der Waals surface area contributed by atoms with E-state index in [1.807, 2.05) is 13.0 Å². The maximum absolute atomic E-state index is 4.82. The van der Waals surface area contributed by atoms with Gasteiger partial charge < -0.3 is 9.84 Å². The van der Waals surface area contributed by atoms with Crippen molar-refractivity contribution in [1.29, 1.82) is 0 Å². The zero-order chi connectivity index (χ0) is 9.97. The Kier molecular flexibility index (Phi) is 2.88. The second kappa shape index (κ2) is 4.14. The standard InChI is InChI=1S/C9H9BrN2OS/c1-6-5-13-12-9(6)11-4-8-7(10)2-3-14-8/h2-3,5H,4H2,1H3,(H,11,12). The van der Waals surface area contributed by atoms with Gasteiger partial charge in [-0.15, -0.1) is 11.3 Å². The van der Waals surface area contributed by atoms with E-state index in [1.54, 1.807) is 17.6 Å². The van der Waals surface area contributed by atoms with Crippen molar-refractivity contribution in [2.75, 3.05) is 5.32 Å². The van der Waals surface area contributed by atoms with Gasteiger partial charge in [-0.05, 0) is 34.3 Å². The number of anilines is 1. The summed E-state index contributed by atoms with van der Waals surface area (Å²) in [4.78, 5) is 1.26. The molecule has 0 bridgehead atoms. The van der Waals surface area contributed by atoms with Crippen LogP contribution in [0.1, 0.15) is 10.4 Å². The summed E-state index contributed by atoms with van der Waals surface area (Å²) < 4.78 is 5.96. The number of thiophene rings is 1. The van der Waals surface area contributed by atoms with Crippen LogP contribution in [0.5, 0.6) is 0 Å². The van der Waals surface area contributed by atoms with Crippen LogP contribution in [0.25, 0.3) is 0 Å². The summed E-state index contributed by atoms with van der Waals surface area (Å²) in [6.45, 7) is 2.73. The summed E-state index contributed by atoms with van der Waals surface area (Å²) in [5.41, 5.74) is 1.03. The molecule has 0 aliphatic heterocycles. The topological polar surface area (TPSA) is 38.1 Å². The van der Waals surface area contributed by atoms with E-state index >= 15 is 0 Å². The molecule has 5 heteroatoms. The Bertz CT molecular complexity index is 384. The van der Waals surface area contributed by atoms with Crippen LogP contribution in [0.3, 0.4) is 0 Å². The number of nitrogens with one attached hydrogen (secondary N) is 1. The highest BCUT2D eigenvalue weighted by Gasteiger charge is 2.04. The lowest BCUT2D eigenvalue weighted by Gasteiger charge is -2.01. The van der Waals surface area contributed by atoms with Gasteiger partial charge in [0.1, 0.15) is 6.26 Å². The fourth-order valence-corrected chi connectivity index (χ4v) is 2.51. The third-order valence-electron chi connectivity index (χ3n) is 1.85. The first-order valence-corrected chi connectivity index (χ1v) is 5.81. The van der Waals surface area contributed by atoms with Crippen LogP contribution in [0, 0.1) is 6.92 Å². The number of rotatable bonds is 3. The Hall–Kier alpha value is -0.810. The summed E-state index contributed by atoms with van der Waals surface area (Å²) >= 11 is 5.19. The van der Waals surface area contributed by atoms with Crippen LogP contribution < -0.4 is 5.32 Å². The van der Waals surface area contributed by atoms with E-state index in [-0.39, 0.29) is 0 Å². The highest BCUT2D eigenvalue weighted by Crippen LogP contribution is 2.23. The Morgan fingerprint density at radius 3 is 3.07 bits per heavy atom. The van der Waals surface area contributed by atoms with Gasteiger partial charge in [-0.1, -0.05) is 5.16 Å². The molecule has 0 saturated carbocycles. The summed E-state index contributed by atoms with van der Waals surface area (Å²) in [6.07, 6.45) is 1.63. The molecule has 0 spiro atoms. The molecule has 0 saturated heterocycles. The van der Waals surface area contributed by atoms with Crippen molar-refractivity contribution < 1.29 is 4.52 Å². The third-order valence-corrected chi connectivity index (χ3v) is 3.78. The molecule has 0 unspecified atom stereocenters. The minimum absolute atomic E-state index is 0.769. The van der Waals surface area contributed by atoms with E-state index in [2.05, 4.69) is 31.8 Å². The van der Waals surface area contributed by atoms with Crippen LogP contribution >= 0.6 is 27.3 Å². The lowest BCUT2D eigenvalue weighted by Crippen LogP contribution is -1.99. The van der Waals surface area contributed by atoms with Gasteiger partial charge in [0, 0.05) is 14.9 Å². The Labute approximate surface area is 94.2 Å². The molecule has 3 nitrogen and oxygen atoms in total. The van der Waals surface area contributed by atoms with Gasteiger partial charge in [0.15, 0.2) is 5.82 Å². The van der Waals surface area contributed by atoms with E-state index in [0.29, 0.717) is 0 Å². The molecule has 1 N–H and O–H groups in total. The lowest BCUT2D eigenvalue weighted by atomic mass is 10.4. The predicted molar refractivity (Wildman–Crippen MR) is 60.6 cm³/mol. The molecule has 0 radical (unpaired) electrons. The minimum Gasteiger partial charge on any atom is -0.362 e. The SMILES string of the molecule is Cc1conc1NCc1sccc1Br. The van der Waals surface area contributed by atoms with Gasteiger partial charge in [-0.2, -0.15) is 0 Å². The smallest absolute Gasteiger partial charge is 0.172 e. The highest BCUT2D eigenvalue weighted by molar-refractivity contribution is 9.10. The van der Waals surface area contributed by atoms with Crippen LogP contribution in [-0.2, 0) is 6.54 Å². The Balaban J connectivity index is 2.02. The molecule has 2 rings (SSSR count). The van der Waals surface area contributed by atoms with Crippen LogP contribution in [0.15, 0.2) is 26.7 Å². The van der Waals surface area contributed by atoms with Crippen LogP contribution in [-0.4, -0.2) is 5.16 Å². The maximum atomic E-state index is 4.82. The van der Waals surface area contributed by atoms with Crippen LogP contribution in [0.2, 0.25) is 0 Å². The van der Waals surface area contributed by atoms with Gasteiger partial charge in [-0.3, -0.25) is 0 Å². The fraction of sp³-hybridized carbons (Fsp3) is 0.222. The van der Waals surface area contributed by atoms with Crippen molar-refractivity contribution in [3.05, 3.63) is 32.6 Å². The number of aromatic nitrogens is 1. The normalized spacial score (nSPS) is 10.4. The average Bonchev–Trinajstić information content (AvgIpc) is 2.72. The zero-order valence-electron chi connectivity index (χ0n) is 7.58. The molecular formula is C9H9BrN2OS. The van der Waals surface area contributed by atoms with Crippen molar-refractivity contribution in [3.8, 4) is 0 Å². The molecule has 14 heavy (non-hydrogen) atoms. The van der Waals surface area contributed by atoms with Crippen molar-refractivity contribution in [3.63, 3.8) is 0 Å². The summed E-state index contributed by atoms with van der Waals surface area (Å²) in [5.74, 6) is 0.810. The molecule has 2 aromatic rings. The average molecular weight is 273 g/mol. The number of hydrogen-bond acceptors (Lipinski definition) is 4. The Morgan fingerprint density at radius 2 is 2.50 bits per heavy atom. The number of hydrogen-bond donors (Lipinski definition) is 1. The monoisotopic (exact) mass is 272 g/mol. The van der Waals surface area contributed by atoms with Crippen molar-refractivity contribution in [1.82, 2.24) is 5.16 Å². The van der Waals surface area contributed by atoms with E-state index in [0.717, 1.165) is 22.4 Å². The first-order valence-electron chi connectivity index (χ1n) is 4.14. The van der Waals surface area contributed by atoms with E-state index in [4.69, 9.17) is 4.52 Å². The van der Waals surface area contributed by atoms with E-state index in [9.17, 15) is 0 Å². The fourth-order valence-electron chi connectivity index (χ4n) is 1.07. The molecule has 2 heterocycles. The quantitative estimate of drug-likeness (QED) is 0.931. The van der Waals surface area contributed by atoms with Gasteiger partial charge >= 0.3 is 0 Å². The number of aryl methyl sites for hydroxylation is 1. The first kappa shape index (κ1) is 9.73. The first-order chi connectivity index (χ1) is 6.77. The predicted octanol–water partition coefficient (Wildman–Crippen LogP) is 3.42. The lowest BCUT2D eigenvalue weighted by molar-refractivity contribution is 0.421. The van der Waals surface area contributed by atoms with E-state index in [1.165, 1.54) is 4.88 Å². The summed E-state index contributed by atoms with van der Waals surface area (Å²) in [5, 5.41) is 9.11. The minimum atomic E-state index is 0.769. The van der Waals surface area contributed by atoms with Gasteiger partial charge in [-0.25, -0.2) is 0 Å². The molecule has 2 aromatic heterocycles. The molecule has 0 aliphatic carbocycles. The molecule has 0 amide bonds. The second-order valence-corrected chi connectivity index (χ2v) is 4.75. The van der Waals surface area contributed by atoms with Gasteiger partial charge in [0.05, 0.1) is 6.54 Å². The highest BCUT2D eigenvalue weighted by atomic mass is 79.9. The maximum Gasteiger partial charge on any atom is 0.172 e. The molecule has 0 atom stereocenters. The van der Waals surface area contributed by atoms with Crippen molar-refractivity contribution in [2.24, 2.45) is 0 Å². The number of nitrogens with zero attached hydrogens (tertiary/aromatic N) is 1. The summed E-state index contributed by atoms with van der Waals surface area (Å²) in [6, 6.07) is 2.04. The Morgan fingerprint density at radius 1 is 1.64 bits per heavy atom. The molecule has 0 fully saturated rings. The van der Waals surface area contributed by atoms with Crippen LogP contribution in [0.4, 0.5) is 5.82 Å². The third kappa shape index (κ3) is 1.99. The molecule has 0 aliphatic rings. The van der Waals surface area contributed by atoms with Gasteiger partial charge in [0.25, 0.3) is 0 Å². The van der Waals surface area contributed by atoms with Gasteiger partial charge in [0.2, 0.25) is 0 Å². The molecule has 0 aromatic carbocycles. The van der Waals surface area contributed by atoms with Crippen molar-refractivity contribution >= 4 is 33.1 Å². The largest absolute Gasteiger partial charge is 0.362 e. The molecular weight excluding hydrogens is 264 g/mol. The van der Waals surface area contributed by atoms with Crippen molar-refractivity contribution in [2.45, 2.75) is 13.5 Å². The molecule has 74 valence electrons. The van der Waals surface area contributed by atoms with E-state index < -0.39 is 0 Å². The second-order valence-electron chi connectivity index (χ2n) is 2.89. The zero-order valence-corrected chi connectivity index (χ0v) is 9.98. The summed E-state index contributed by atoms with van der Waals surface area (Å²) in [7, 11) is 0.